The summed E-state index contributed by atoms with van der Waals surface area (Å²) in [5, 5.41) is 9.72. The molecule has 0 radical (unpaired) electrons. The average molecular weight is 459 g/mol. The summed E-state index contributed by atoms with van der Waals surface area (Å²) in [6.45, 7) is 2.26. The van der Waals surface area contributed by atoms with Crippen LogP contribution in [0.5, 0.6) is 0 Å². The van der Waals surface area contributed by atoms with Gasteiger partial charge in [-0.1, -0.05) is 41.4 Å². The number of nitrogens with zero attached hydrogens (tertiary/aromatic N) is 2. The number of rotatable bonds is 4. The van der Waals surface area contributed by atoms with Crippen LogP contribution in [0.3, 0.4) is 0 Å². The minimum absolute atomic E-state index is 0.0836. The zero-order valence-corrected chi connectivity index (χ0v) is 18.0. The maximum atomic E-state index is 12.9. The predicted octanol–water partition coefficient (Wildman–Crippen LogP) is 3.80. The summed E-state index contributed by atoms with van der Waals surface area (Å²) in [7, 11) is -3.65. The zero-order valence-electron chi connectivity index (χ0n) is 15.6. The number of sulfonamides is 1. The van der Waals surface area contributed by atoms with Gasteiger partial charge in [-0.3, -0.25) is 4.90 Å². The number of aliphatic hydroxyl groups excluding tert-OH is 1. The number of fused-ring (bicyclic) bond motifs is 3. The van der Waals surface area contributed by atoms with Crippen molar-refractivity contribution in [3.63, 3.8) is 0 Å². The SMILES string of the molecule is C/C(Cl)=C(O)\C(Cl)=C/CS(=O)(=O)N1CCC2C(C1)c1cccc3c1N2C(=O)OC3. The zero-order chi connectivity index (χ0) is 20.9. The fraction of sp³-hybridized carbons (Fsp3) is 0.421. The number of piperidine rings is 1. The number of ether oxygens (including phenoxy) is 1. The van der Waals surface area contributed by atoms with Gasteiger partial charge in [-0.05, 0) is 25.0 Å². The average Bonchev–Trinajstić information content (AvgIpc) is 3.04. The van der Waals surface area contributed by atoms with E-state index >= 15 is 0 Å². The van der Waals surface area contributed by atoms with Crippen LogP contribution in [-0.2, 0) is 21.4 Å². The molecule has 2 unspecified atom stereocenters. The Kier molecular flexibility index (Phi) is 5.31. The smallest absolute Gasteiger partial charge is 0.414 e. The molecule has 4 rings (SSSR count). The third kappa shape index (κ3) is 3.52. The standard InChI is InChI=1S/C19H20Cl2N2O5S/c1-11(20)18(24)15(21)6-8-29(26,27)22-7-5-16-14(9-22)13-4-2-3-12-10-28-19(25)23(16)17(12)13/h2-4,6,14,16,24H,5,7-10H2,1H3/b15-6+,18-11-. The van der Waals surface area contributed by atoms with E-state index in [1.807, 2.05) is 18.2 Å². The van der Waals surface area contributed by atoms with Gasteiger partial charge in [0.25, 0.3) is 0 Å². The van der Waals surface area contributed by atoms with Crippen LogP contribution in [0.4, 0.5) is 10.5 Å². The number of para-hydroxylation sites is 1. The molecule has 29 heavy (non-hydrogen) atoms. The summed E-state index contributed by atoms with van der Waals surface area (Å²) < 4.78 is 32.4. The third-order valence-electron chi connectivity index (χ3n) is 5.63. The molecule has 0 spiro atoms. The Morgan fingerprint density at radius 3 is 2.86 bits per heavy atom. The molecule has 1 saturated heterocycles. The maximum Gasteiger partial charge on any atom is 0.414 e. The molecule has 0 aliphatic carbocycles. The van der Waals surface area contributed by atoms with E-state index < -0.39 is 10.0 Å². The van der Waals surface area contributed by atoms with E-state index in [-0.39, 0.29) is 52.8 Å². The number of cyclic esters (lactones) is 1. The predicted molar refractivity (Wildman–Crippen MR) is 111 cm³/mol. The van der Waals surface area contributed by atoms with Crippen LogP contribution in [0.15, 0.2) is 40.1 Å². The Morgan fingerprint density at radius 2 is 2.14 bits per heavy atom. The molecule has 156 valence electrons. The minimum Gasteiger partial charge on any atom is -0.505 e. The van der Waals surface area contributed by atoms with Crippen LogP contribution < -0.4 is 4.90 Å². The maximum absolute atomic E-state index is 12.9. The molecule has 1 aromatic rings. The number of halogens is 2. The van der Waals surface area contributed by atoms with Gasteiger partial charge in [0.15, 0.2) is 0 Å². The van der Waals surface area contributed by atoms with Crippen molar-refractivity contribution >= 4 is 45.0 Å². The fourth-order valence-electron chi connectivity index (χ4n) is 4.24. The first kappa shape index (κ1) is 20.5. The second-order valence-electron chi connectivity index (χ2n) is 7.31. The van der Waals surface area contributed by atoms with Crippen molar-refractivity contribution in [3.8, 4) is 0 Å². The van der Waals surface area contributed by atoms with Crippen LogP contribution in [0.2, 0.25) is 0 Å². The number of aliphatic hydroxyl groups is 1. The summed E-state index contributed by atoms with van der Waals surface area (Å²) in [4.78, 5) is 14.0. The molecule has 2 atom stereocenters. The highest BCUT2D eigenvalue weighted by Crippen LogP contribution is 2.48. The Labute approximate surface area is 179 Å². The van der Waals surface area contributed by atoms with Crippen molar-refractivity contribution in [2.45, 2.75) is 31.9 Å². The molecule has 0 aromatic heterocycles. The molecule has 7 nitrogen and oxygen atoms in total. The molecule has 10 heteroatoms. The highest BCUT2D eigenvalue weighted by atomic mass is 35.5. The number of hydrogen-bond donors (Lipinski definition) is 1. The fourth-order valence-corrected chi connectivity index (χ4v) is 6.06. The summed E-state index contributed by atoms with van der Waals surface area (Å²) in [6.07, 6.45) is 1.38. The van der Waals surface area contributed by atoms with Gasteiger partial charge in [0.2, 0.25) is 10.0 Å². The molecule has 1 fully saturated rings. The van der Waals surface area contributed by atoms with Gasteiger partial charge in [-0.25, -0.2) is 17.5 Å². The Bertz CT molecular complexity index is 1030. The van der Waals surface area contributed by atoms with E-state index in [0.29, 0.717) is 13.0 Å². The summed E-state index contributed by atoms with van der Waals surface area (Å²) >= 11 is 11.6. The molecule has 0 saturated carbocycles. The number of hydrogen-bond acceptors (Lipinski definition) is 5. The number of benzene rings is 1. The van der Waals surface area contributed by atoms with E-state index in [1.54, 1.807) is 4.90 Å². The first-order valence-electron chi connectivity index (χ1n) is 9.17. The molecule has 1 aromatic carbocycles. The Balaban J connectivity index is 1.58. The summed E-state index contributed by atoms with van der Waals surface area (Å²) in [5.41, 5.74) is 2.80. The molecular formula is C19H20Cl2N2O5S. The van der Waals surface area contributed by atoms with Crippen LogP contribution >= 0.6 is 23.2 Å². The quantitative estimate of drug-likeness (QED) is 0.547. The van der Waals surface area contributed by atoms with Crippen molar-refractivity contribution < 1.29 is 23.1 Å². The van der Waals surface area contributed by atoms with E-state index in [4.69, 9.17) is 27.9 Å². The molecular weight excluding hydrogens is 439 g/mol. The Hall–Kier alpha value is -1.74. The summed E-state index contributed by atoms with van der Waals surface area (Å²) in [5.74, 6) is -0.806. The van der Waals surface area contributed by atoms with Gasteiger partial charge in [0, 0.05) is 30.6 Å². The second kappa shape index (κ2) is 7.50. The van der Waals surface area contributed by atoms with Gasteiger partial charge in [-0.2, -0.15) is 0 Å². The number of anilines is 1. The van der Waals surface area contributed by atoms with Crippen LogP contribution in [0.25, 0.3) is 0 Å². The molecule has 0 bridgehead atoms. The highest BCUT2D eigenvalue weighted by Gasteiger charge is 2.49. The van der Waals surface area contributed by atoms with Crippen molar-refractivity contribution in [3.05, 3.63) is 51.2 Å². The van der Waals surface area contributed by atoms with E-state index in [0.717, 1.165) is 16.8 Å². The summed E-state index contributed by atoms with van der Waals surface area (Å²) in [6, 6.07) is 5.67. The number of amides is 1. The van der Waals surface area contributed by atoms with E-state index in [1.165, 1.54) is 17.3 Å². The number of allylic oxidation sites excluding steroid dienone is 2. The van der Waals surface area contributed by atoms with E-state index in [9.17, 15) is 18.3 Å². The second-order valence-corrected chi connectivity index (χ2v) is 10.3. The van der Waals surface area contributed by atoms with Gasteiger partial charge in [0.05, 0.1) is 21.5 Å². The molecule has 3 aliphatic rings. The molecule has 3 aliphatic heterocycles. The van der Waals surface area contributed by atoms with Crippen LogP contribution in [0.1, 0.15) is 30.4 Å². The van der Waals surface area contributed by atoms with Crippen molar-refractivity contribution in [1.29, 1.82) is 0 Å². The lowest BCUT2D eigenvalue weighted by atomic mass is 9.90. The van der Waals surface area contributed by atoms with Gasteiger partial charge >= 0.3 is 6.09 Å². The van der Waals surface area contributed by atoms with Crippen molar-refractivity contribution in [1.82, 2.24) is 4.31 Å². The molecule has 1 N–H and O–H groups in total. The first-order valence-corrected chi connectivity index (χ1v) is 11.5. The third-order valence-corrected chi connectivity index (χ3v) is 7.85. The lowest BCUT2D eigenvalue weighted by Crippen LogP contribution is -2.50. The molecule has 3 heterocycles. The minimum atomic E-state index is -3.65. The topological polar surface area (TPSA) is 87.2 Å². The lowest BCUT2D eigenvalue weighted by Gasteiger charge is -2.37. The monoisotopic (exact) mass is 458 g/mol. The number of carbonyl (C=O) groups excluding carboxylic acids is 1. The highest BCUT2D eigenvalue weighted by molar-refractivity contribution is 7.89. The van der Waals surface area contributed by atoms with E-state index in [2.05, 4.69) is 0 Å². The normalized spacial score (nSPS) is 25.3. The van der Waals surface area contributed by atoms with Crippen LogP contribution in [-0.4, -0.2) is 48.8 Å². The van der Waals surface area contributed by atoms with Gasteiger partial charge in [-0.15, -0.1) is 0 Å². The van der Waals surface area contributed by atoms with Crippen molar-refractivity contribution in [2.24, 2.45) is 0 Å². The van der Waals surface area contributed by atoms with Gasteiger partial charge in [0.1, 0.15) is 12.4 Å². The first-order chi connectivity index (χ1) is 13.7. The van der Waals surface area contributed by atoms with Gasteiger partial charge < -0.3 is 9.84 Å². The Morgan fingerprint density at radius 1 is 1.38 bits per heavy atom. The lowest BCUT2D eigenvalue weighted by molar-refractivity contribution is 0.137. The largest absolute Gasteiger partial charge is 0.505 e. The number of carbonyl (C=O) groups is 1. The van der Waals surface area contributed by atoms with Crippen LogP contribution in [0, 0.1) is 0 Å². The molecule has 1 amide bonds. The van der Waals surface area contributed by atoms with Crippen molar-refractivity contribution in [2.75, 3.05) is 23.7 Å².